The number of hydrogen-bond donors (Lipinski definition) is 2. The number of hydrogen-bond acceptors (Lipinski definition) is 3. The first-order valence-electron chi connectivity index (χ1n) is 5.10. The van der Waals surface area contributed by atoms with Gasteiger partial charge in [0.2, 0.25) is 0 Å². The molecule has 0 atom stereocenters. The maximum absolute atomic E-state index is 11.9. The molecule has 2 rings (SSSR count). The lowest BCUT2D eigenvalue weighted by Crippen LogP contribution is -2.19. The fourth-order valence-electron chi connectivity index (χ4n) is 1.33. The van der Waals surface area contributed by atoms with Crippen molar-refractivity contribution in [1.82, 2.24) is 4.90 Å². The van der Waals surface area contributed by atoms with Crippen molar-refractivity contribution in [2.45, 2.75) is 0 Å². The van der Waals surface area contributed by atoms with E-state index in [4.69, 9.17) is 0 Å². The molecular weight excluding hydrogens is 214 g/mol. The lowest BCUT2D eigenvalue weighted by Gasteiger charge is -2.12. The fourth-order valence-corrected chi connectivity index (χ4v) is 1.33. The summed E-state index contributed by atoms with van der Waals surface area (Å²) < 4.78 is 0. The average Bonchev–Trinajstić information content (AvgIpc) is 2.70. The lowest BCUT2D eigenvalue weighted by atomic mass is 10.2. The molecule has 0 saturated carbocycles. The normalized spacial score (nSPS) is 12.7. The van der Waals surface area contributed by atoms with Gasteiger partial charge in [0.15, 0.2) is 0 Å². The van der Waals surface area contributed by atoms with Crippen molar-refractivity contribution in [1.29, 1.82) is 0 Å². The minimum atomic E-state index is -0.0215. The number of rotatable bonds is 1. The van der Waals surface area contributed by atoms with Crippen LogP contribution in [-0.2, 0) is 0 Å². The van der Waals surface area contributed by atoms with E-state index in [0.29, 0.717) is 5.56 Å². The van der Waals surface area contributed by atoms with Gasteiger partial charge in [-0.15, -0.1) is 0 Å². The Morgan fingerprint density at radius 2 is 1.41 bits per heavy atom. The van der Waals surface area contributed by atoms with Crippen molar-refractivity contribution in [2.24, 2.45) is 11.7 Å². The number of hydrazine groups is 1. The van der Waals surface area contributed by atoms with Crippen LogP contribution in [0.1, 0.15) is 10.4 Å². The Bertz CT molecular complexity index is 419. The molecule has 1 aliphatic heterocycles. The minimum Gasteiger partial charge on any atom is -0.291 e. The van der Waals surface area contributed by atoms with Crippen molar-refractivity contribution in [3.05, 3.63) is 72.6 Å². The van der Waals surface area contributed by atoms with E-state index in [0.717, 1.165) is 0 Å². The molecular formula is C13H15N3O. The Morgan fingerprint density at radius 1 is 0.882 bits per heavy atom. The van der Waals surface area contributed by atoms with Crippen LogP contribution in [0.2, 0.25) is 0 Å². The third-order valence-electron chi connectivity index (χ3n) is 2.08. The van der Waals surface area contributed by atoms with Crippen molar-refractivity contribution in [3.8, 4) is 0 Å². The second kappa shape index (κ2) is 7.16. The van der Waals surface area contributed by atoms with Gasteiger partial charge in [0.25, 0.3) is 5.91 Å². The number of carbonyl (C=O) groups is 1. The Kier molecular flexibility index (Phi) is 5.43. The average molecular weight is 229 g/mol. The highest BCUT2D eigenvalue weighted by Gasteiger charge is 2.09. The molecule has 1 amide bonds. The van der Waals surface area contributed by atoms with Gasteiger partial charge in [-0.25, -0.2) is 0 Å². The van der Waals surface area contributed by atoms with Crippen LogP contribution < -0.4 is 11.7 Å². The van der Waals surface area contributed by atoms with Crippen molar-refractivity contribution in [3.63, 3.8) is 0 Å². The van der Waals surface area contributed by atoms with Crippen LogP contribution in [0.3, 0.4) is 0 Å². The predicted molar refractivity (Wildman–Crippen MR) is 68.4 cm³/mol. The summed E-state index contributed by atoms with van der Waals surface area (Å²) in [7, 11) is 0. The molecule has 1 aliphatic rings. The first-order chi connectivity index (χ1) is 8.38. The van der Waals surface area contributed by atoms with Crippen LogP contribution in [-0.4, -0.2) is 10.8 Å². The van der Waals surface area contributed by atoms with Gasteiger partial charge in [0.05, 0.1) is 0 Å². The van der Waals surface area contributed by atoms with E-state index in [2.05, 4.69) is 11.7 Å². The summed E-state index contributed by atoms with van der Waals surface area (Å²) in [6.45, 7) is 0. The summed E-state index contributed by atoms with van der Waals surface area (Å²) in [4.78, 5) is 13.5. The molecule has 0 saturated heterocycles. The summed E-state index contributed by atoms with van der Waals surface area (Å²) >= 11 is 0. The van der Waals surface area contributed by atoms with Crippen molar-refractivity contribution in [2.75, 3.05) is 0 Å². The lowest BCUT2D eigenvalue weighted by molar-refractivity contribution is 0.0869. The van der Waals surface area contributed by atoms with Gasteiger partial charge < -0.3 is 0 Å². The second-order valence-corrected chi connectivity index (χ2v) is 3.15. The topological polar surface area (TPSA) is 72.3 Å². The van der Waals surface area contributed by atoms with Gasteiger partial charge in [-0.2, -0.15) is 0 Å². The standard InChI is InChI=1S/C13H11NO.H4N2/c15-13(12-8-4-3-5-9-12)14-10-6-1-2-7-11-14;1-2/h1-11H;1-2H2. The van der Waals surface area contributed by atoms with Gasteiger partial charge >= 0.3 is 0 Å². The number of benzene rings is 1. The van der Waals surface area contributed by atoms with E-state index in [-0.39, 0.29) is 5.91 Å². The molecule has 1 heterocycles. The van der Waals surface area contributed by atoms with E-state index in [9.17, 15) is 4.79 Å². The van der Waals surface area contributed by atoms with Gasteiger partial charge in [-0.3, -0.25) is 21.4 Å². The Labute approximate surface area is 100 Å². The summed E-state index contributed by atoms with van der Waals surface area (Å²) in [6.07, 6.45) is 10.9. The highest BCUT2D eigenvalue weighted by Crippen LogP contribution is 2.07. The Morgan fingerprint density at radius 3 is 1.94 bits per heavy atom. The van der Waals surface area contributed by atoms with Crippen LogP contribution in [0, 0.1) is 0 Å². The molecule has 0 aromatic heterocycles. The molecule has 0 fully saturated rings. The van der Waals surface area contributed by atoms with Crippen LogP contribution in [0.25, 0.3) is 0 Å². The molecule has 4 nitrogen and oxygen atoms in total. The molecule has 1 aromatic carbocycles. The summed E-state index contributed by atoms with van der Waals surface area (Å²) in [5.41, 5.74) is 0.689. The van der Waals surface area contributed by atoms with Gasteiger partial charge in [0, 0.05) is 18.0 Å². The van der Waals surface area contributed by atoms with Gasteiger partial charge in [0.1, 0.15) is 0 Å². The zero-order valence-corrected chi connectivity index (χ0v) is 9.36. The fraction of sp³-hybridized carbons (Fsp3) is 0. The number of amides is 1. The monoisotopic (exact) mass is 229 g/mol. The molecule has 0 spiro atoms. The van der Waals surface area contributed by atoms with E-state index in [1.54, 1.807) is 17.3 Å². The van der Waals surface area contributed by atoms with E-state index >= 15 is 0 Å². The third-order valence-corrected chi connectivity index (χ3v) is 2.08. The Balaban J connectivity index is 0.000000686. The molecule has 0 bridgehead atoms. The predicted octanol–water partition coefficient (Wildman–Crippen LogP) is 1.54. The van der Waals surface area contributed by atoms with Gasteiger partial charge in [-0.1, -0.05) is 30.4 Å². The molecule has 0 aliphatic carbocycles. The van der Waals surface area contributed by atoms with Gasteiger partial charge in [-0.05, 0) is 24.3 Å². The first kappa shape index (κ1) is 12.9. The molecule has 17 heavy (non-hydrogen) atoms. The number of nitrogens with zero attached hydrogens (tertiary/aromatic N) is 1. The summed E-state index contributed by atoms with van der Waals surface area (Å²) in [5, 5.41) is 0. The highest BCUT2D eigenvalue weighted by molar-refractivity contribution is 5.95. The summed E-state index contributed by atoms with van der Waals surface area (Å²) in [6, 6.07) is 9.23. The smallest absolute Gasteiger partial charge is 0.261 e. The molecule has 4 N–H and O–H groups in total. The van der Waals surface area contributed by atoms with Crippen LogP contribution in [0.4, 0.5) is 0 Å². The second-order valence-electron chi connectivity index (χ2n) is 3.15. The number of carbonyl (C=O) groups excluding carboxylic acids is 1. The number of allylic oxidation sites excluding steroid dienone is 4. The first-order valence-corrected chi connectivity index (χ1v) is 5.10. The zero-order valence-electron chi connectivity index (χ0n) is 9.36. The minimum absolute atomic E-state index is 0.0215. The zero-order chi connectivity index (χ0) is 12.5. The van der Waals surface area contributed by atoms with E-state index < -0.39 is 0 Å². The third kappa shape index (κ3) is 3.71. The number of nitrogens with two attached hydrogens (primary N) is 2. The van der Waals surface area contributed by atoms with E-state index in [1.807, 2.05) is 54.6 Å². The van der Waals surface area contributed by atoms with E-state index in [1.165, 1.54) is 0 Å². The molecule has 88 valence electrons. The maximum atomic E-state index is 11.9. The van der Waals surface area contributed by atoms with Crippen molar-refractivity contribution >= 4 is 5.91 Å². The van der Waals surface area contributed by atoms with Crippen LogP contribution >= 0.6 is 0 Å². The quantitative estimate of drug-likeness (QED) is 0.567. The molecule has 4 heteroatoms. The highest BCUT2D eigenvalue weighted by atomic mass is 16.2. The van der Waals surface area contributed by atoms with Crippen molar-refractivity contribution < 1.29 is 4.79 Å². The molecule has 0 radical (unpaired) electrons. The van der Waals surface area contributed by atoms with Crippen LogP contribution in [0.5, 0.6) is 0 Å². The largest absolute Gasteiger partial charge is 0.291 e. The SMILES string of the molecule is NN.O=C(c1ccccc1)N1C=CC=CC=C1. The molecule has 1 aromatic rings. The Hall–Kier alpha value is -2.17. The summed E-state index contributed by atoms with van der Waals surface area (Å²) in [5.74, 6) is 7.98. The maximum Gasteiger partial charge on any atom is 0.261 e. The van der Waals surface area contributed by atoms with Crippen LogP contribution in [0.15, 0.2) is 67.0 Å². The molecule has 0 unspecified atom stereocenters.